The summed E-state index contributed by atoms with van der Waals surface area (Å²) in [5.74, 6) is -0.386. The minimum Gasteiger partial charge on any atom is -0.325 e. The van der Waals surface area contributed by atoms with Crippen molar-refractivity contribution in [1.82, 2.24) is 4.31 Å². The largest absolute Gasteiger partial charge is 0.325 e. The van der Waals surface area contributed by atoms with Crippen LogP contribution in [0.1, 0.15) is 18.4 Å². The van der Waals surface area contributed by atoms with Gasteiger partial charge in [0.15, 0.2) is 0 Å². The highest BCUT2D eigenvalue weighted by Gasteiger charge is 2.32. The Morgan fingerprint density at radius 3 is 2.30 bits per heavy atom. The van der Waals surface area contributed by atoms with Gasteiger partial charge in [0.1, 0.15) is 0 Å². The van der Waals surface area contributed by atoms with Crippen LogP contribution in [0.2, 0.25) is 10.0 Å². The number of piperidine rings is 1. The summed E-state index contributed by atoms with van der Waals surface area (Å²) < 4.78 is 26.8. The number of amides is 1. The number of carbonyl (C=O) groups excluding carboxylic acids is 1. The van der Waals surface area contributed by atoms with Crippen LogP contribution in [-0.4, -0.2) is 31.7 Å². The summed E-state index contributed by atoms with van der Waals surface area (Å²) in [5.41, 5.74) is 1.59. The third-order valence-corrected chi connectivity index (χ3v) is 7.14. The zero-order valence-electron chi connectivity index (χ0n) is 14.8. The van der Waals surface area contributed by atoms with Crippen molar-refractivity contribution in [1.29, 1.82) is 0 Å². The van der Waals surface area contributed by atoms with Crippen molar-refractivity contribution in [3.63, 3.8) is 0 Å². The van der Waals surface area contributed by atoms with Crippen molar-refractivity contribution in [2.75, 3.05) is 18.4 Å². The number of nitrogens with zero attached hydrogens (tertiary/aromatic N) is 1. The molecule has 1 amide bonds. The Hall–Kier alpha value is -1.60. The van der Waals surface area contributed by atoms with Gasteiger partial charge in [-0.3, -0.25) is 4.79 Å². The molecule has 1 heterocycles. The van der Waals surface area contributed by atoms with Gasteiger partial charge in [-0.2, -0.15) is 4.31 Å². The average Bonchev–Trinajstić information content (AvgIpc) is 2.64. The Balaban J connectivity index is 1.62. The van der Waals surface area contributed by atoms with Crippen LogP contribution >= 0.6 is 23.2 Å². The summed E-state index contributed by atoms with van der Waals surface area (Å²) >= 11 is 12.0. The van der Waals surface area contributed by atoms with E-state index in [1.807, 2.05) is 13.0 Å². The van der Waals surface area contributed by atoms with Crippen LogP contribution in [0.3, 0.4) is 0 Å². The standard InChI is InChI=1S/C19H20Cl2N2O3S/c1-13-2-7-18(17(21)12-13)22-19(24)14-8-10-23(11-9-14)27(25,26)16-5-3-15(20)4-6-16/h2-7,12,14H,8-11H2,1H3,(H,22,24). The van der Waals surface area contributed by atoms with Gasteiger partial charge in [-0.15, -0.1) is 0 Å². The maximum absolute atomic E-state index is 12.7. The number of anilines is 1. The fraction of sp³-hybridized carbons (Fsp3) is 0.316. The van der Waals surface area contributed by atoms with Crippen LogP contribution in [0, 0.1) is 12.8 Å². The number of nitrogens with one attached hydrogen (secondary N) is 1. The van der Waals surface area contributed by atoms with Gasteiger partial charge < -0.3 is 5.32 Å². The number of hydrogen-bond acceptors (Lipinski definition) is 3. The van der Waals surface area contributed by atoms with Gasteiger partial charge in [-0.25, -0.2) is 8.42 Å². The van der Waals surface area contributed by atoms with Crippen molar-refractivity contribution in [2.45, 2.75) is 24.7 Å². The first kappa shape index (κ1) is 20.1. The molecule has 0 unspecified atom stereocenters. The van der Waals surface area contributed by atoms with E-state index < -0.39 is 10.0 Å². The molecule has 2 aromatic carbocycles. The number of carbonyl (C=O) groups is 1. The monoisotopic (exact) mass is 426 g/mol. The SMILES string of the molecule is Cc1ccc(NC(=O)C2CCN(S(=O)(=O)c3ccc(Cl)cc3)CC2)c(Cl)c1. The van der Waals surface area contributed by atoms with E-state index in [4.69, 9.17) is 23.2 Å². The molecule has 0 atom stereocenters. The smallest absolute Gasteiger partial charge is 0.243 e. The second-order valence-corrected chi connectivity index (χ2v) is 9.39. The van der Waals surface area contributed by atoms with Crippen molar-refractivity contribution in [3.05, 3.63) is 58.1 Å². The number of halogens is 2. The Labute approximate surface area is 169 Å². The first-order valence-electron chi connectivity index (χ1n) is 8.60. The molecular formula is C19H20Cl2N2O3S. The Bertz CT molecular complexity index is 938. The second kappa shape index (κ2) is 8.19. The third-order valence-electron chi connectivity index (χ3n) is 4.66. The van der Waals surface area contributed by atoms with Crippen LogP contribution in [0.4, 0.5) is 5.69 Å². The average molecular weight is 427 g/mol. The van der Waals surface area contributed by atoms with Crippen molar-refractivity contribution < 1.29 is 13.2 Å². The lowest BCUT2D eigenvalue weighted by atomic mass is 9.97. The molecule has 144 valence electrons. The fourth-order valence-electron chi connectivity index (χ4n) is 3.07. The summed E-state index contributed by atoms with van der Waals surface area (Å²) in [6.45, 7) is 2.52. The van der Waals surface area contributed by atoms with E-state index in [-0.39, 0.29) is 16.7 Å². The lowest BCUT2D eigenvalue weighted by molar-refractivity contribution is -0.120. The van der Waals surface area contributed by atoms with Crippen LogP contribution in [0.25, 0.3) is 0 Å². The van der Waals surface area contributed by atoms with Gasteiger partial charge >= 0.3 is 0 Å². The molecule has 0 spiro atoms. The lowest BCUT2D eigenvalue weighted by Crippen LogP contribution is -2.41. The molecule has 8 heteroatoms. The minimum absolute atomic E-state index is 0.135. The molecule has 5 nitrogen and oxygen atoms in total. The highest BCUT2D eigenvalue weighted by molar-refractivity contribution is 7.89. The summed E-state index contributed by atoms with van der Waals surface area (Å²) in [6, 6.07) is 11.5. The maximum atomic E-state index is 12.7. The van der Waals surface area contributed by atoms with Crippen molar-refractivity contribution >= 4 is 44.8 Å². The van der Waals surface area contributed by atoms with Crippen LogP contribution in [0.15, 0.2) is 47.4 Å². The van der Waals surface area contributed by atoms with Crippen LogP contribution in [-0.2, 0) is 14.8 Å². The first-order valence-corrected chi connectivity index (χ1v) is 10.8. The summed E-state index contributed by atoms with van der Waals surface area (Å²) in [5, 5.41) is 3.82. The van der Waals surface area contributed by atoms with Gasteiger partial charge in [0.2, 0.25) is 15.9 Å². The Morgan fingerprint density at radius 1 is 1.07 bits per heavy atom. The molecule has 27 heavy (non-hydrogen) atoms. The Kier molecular flexibility index (Phi) is 6.11. The van der Waals surface area contributed by atoms with E-state index in [0.717, 1.165) is 5.56 Å². The van der Waals surface area contributed by atoms with Crippen molar-refractivity contribution in [3.8, 4) is 0 Å². The molecule has 0 aromatic heterocycles. The van der Waals surface area contributed by atoms with Gasteiger partial charge in [0.25, 0.3) is 0 Å². The molecule has 1 saturated heterocycles. The highest BCUT2D eigenvalue weighted by Crippen LogP contribution is 2.27. The van der Waals surface area contributed by atoms with E-state index in [1.165, 1.54) is 16.4 Å². The molecule has 2 aromatic rings. The highest BCUT2D eigenvalue weighted by atomic mass is 35.5. The molecule has 1 fully saturated rings. The second-order valence-electron chi connectivity index (χ2n) is 6.60. The predicted molar refractivity (Wildman–Crippen MR) is 108 cm³/mol. The summed E-state index contributed by atoms with van der Waals surface area (Å²) in [4.78, 5) is 12.7. The van der Waals surface area contributed by atoms with E-state index in [0.29, 0.717) is 41.7 Å². The summed E-state index contributed by atoms with van der Waals surface area (Å²) in [6.07, 6.45) is 0.921. The van der Waals surface area contributed by atoms with E-state index in [1.54, 1.807) is 24.3 Å². The number of hydrogen-bond donors (Lipinski definition) is 1. The number of rotatable bonds is 4. The molecule has 1 aliphatic heterocycles. The lowest BCUT2D eigenvalue weighted by Gasteiger charge is -2.30. The van der Waals surface area contributed by atoms with E-state index in [2.05, 4.69) is 5.32 Å². The number of benzene rings is 2. The van der Waals surface area contributed by atoms with E-state index >= 15 is 0 Å². The number of aryl methyl sites for hydroxylation is 1. The van der Waals surface area contributed by atoms with Crippen molar-refractivity contribution in [2.24, 2.45) is 5.92 Å². The number of sulfonamides is 1. The Morgan fingerprint density at radius 2 is 1.70 bits per heavy atom. The predicted octanol–water partition coefficient (Wildman–Crippen LogP) is 4.34. The maximum Gasteiger partial charge on any atom is 0.243 e. The first-order chi connectivity index (χ1) is 12.8. The zero-order valence-corrected chi connectivity index (χ0v) is 17.1. The molecule has 0 bridgehead atoms. The molecule has 1 aliphatic rings. The normalized spacial score (nSPS) is 16.3. The third kappa shape index (κ3) is 4.63. The topological polar surface area (TPSA) is 66.5 Å². The van der Waals surface area contributed by atoms with Crippen LogP contribution in [0.5, 0.6) is 0 Å². The zero-order chi connectivity index (χ0) is 19.6. The van der Waals surface area contributed by atoms with Gasteiger partial charge in [0, 0.05) is 24.0 Å². The molecular weight excluding hydrogens is 407 g/mol. The van der Waals surface area contributed by atoms with Gasteiger partial charge in [-0.1, -0.05) is 29.3 Å². The minimum atomic E-state index is -3.58. The van der Waals surface area contributed by atoms with Crippen LogP contribution < -0.4 is 5.32 Å². The quantitative estimate of drug-likeness (QED) is 0.790. The van der Waals surface area contributed by atoms with Gasteiger partial charge in [0.05, 0.1) is 15.6 Å². The van der Waals surface area contributed by atoms with Gasteiger partial charge in [-0.05, 0) is 61.7 Å². The fourth-order valence-corrected chi connectivity index (χ4v) is 4.95. The molecule has 1 N–H and O–H groups in total. The molecule has 0 aliphatic carbocycles. The van der Waals surface area contributed by atoms with E-state index in [9.17, 15) is 13.2 Å². The molecule has 0 radical (unpaired) electrons. The molecule has 0 saturated carbocycles. The summed E-state index contributed by atoms with van der Waals surface area (Å²) in [7, 11) is -3.58. The molecule has 3 rings (SSSR count).